The van der Waals surface area contributed by atoms with Crippen molar-refractivity contribution in [3.8, 4) is 22.9 Å². The lowest BCUT2D eigenvalue weighted by Crippen LogP contribution is -2.24. The number of benzene rings is 2. The third-order valence-corrected chi connectivity index (χ3v) is 7.41. The van der Waals surface area contributed by atoms with Crippen molar-refractivity contribution in [1.82, 2.24) is 14.5 Å². The van der Waals surface area contributed by atoms with Crippen LogP contribution in [0.15, 0.2) is 52.1 Å². The van der Waals surface area contributed by atoms with E-state index in [4.69, 9.17) is 25.7 Å². The Morgan fingerprint density at radius 1 is 1.30 bits per heavy atom. The standard InChI is InChI=1S/C24H18ClN3O4S/c1-31-13-4-5-15(17(8-13)12-2-3-12)22-27-23-19(16-6-7-18(25)20(29)21(16)33-23)24(30)28(22)10-14-9-26-11-32-14/h4-9,11-12,29H,2-3,10H2,1H3. The highest BCUT2D eigenvalue weighted by atomic mass is 35.5. The molecule has 0 atom stereocenters. The number of hydrogen-bond acceptors (Lipinski definition) is 7. The average Bonchev–Trinajstić information content (AvgIpc) is 3.41. The number of aromatic nitrogens is 3. The number of phenolic OH excluding ortho intramolecular Hbond substituents is 1. The summed E-state index contributed by atoms with van der Waals surface area (Å²) in [5.41, 5.74) is 1.78. The number of fused-ring (bicyclic) bond motifs is 3. The van der Waals surface area contributed by atoms with Crippen LogP contribution in [0.5, 0.6) is 11.5 Å². The quantitative estimate of drug-likeness (QED) is 0.355. The summed E-state index contributed by atoms with van der Waals surface area (Å²) >= 11 is 7.38. The number of thiophene rings is 1. The summed E-state index contributed by atoms with van der Waals surface area (Å²) in [4.78, 5) is 23.4. The zero-order chi connectivity index (χ0) is 22.7. The van der Waals surface area contributed by atoms with E-state index in [1.807, 2.05) is 18.2 Å². The zero-order valence-corrected chi connectivity index (χ0v) is 19.1. The number of nitrogens with zero attached hydrogens (tertiary/aromatic N) is 3. The van der Waals surface area contributed by atoms with Gasteiger partial charge in [-0.3, -0.25) is 9.36 Å². The van der Waals surface area contributed by atoms with Gasteiger partial charge in [0.05, 0.1) is 35.0 Å². The Balaban J connectivity index is 1.68. The molecule has 0 spiro atoms. The van der Waals surface area contributed by atoms with Crippen molar-refractivity contribution in [2.24, 2.45) is 0 Å². The number of methoxy groups -OCH3 is 1. The van der Waals surface area contributed by atoms with Crippen LogP contribution in [0.2, 0.25) is 5.02 Å². The van der Waals surface area contributed by atoms with Gasteiger partial charge in [0.15, 0.2) is 12.1 Å². The van der Waals surface area contributed by atoms with Crippen LogP contribution in [-0.2, 0) is 6.54 Å². The maximum atomic E-state index is 13.9. The lowest BCUT2D eigenvalue weighted by molar-refractivity contribution is 0.414. The van der Waals surface area contributed by atoms with Crippen LogP contribution < -0.4 is 10.3 Å². The molecule has 3 heterocycles. The molecule has 1 fully saturated rings. The molecular weight excluding hydrogens is 462 g/mol. The minimum atomic E-state index is -0.211. The summed E-state index contributed by atoms with van der Waals surface area (Å²) in [6, 6.07) is 9.21. The van der Waals surface area contributed by atoms with Gasteiger partial charge in [0.1, 0.15) is 22.2 Å². The Kier molecular flexibility index (Phi) is 4.67. The Labute approximate surface area is 196 Å². The van der Waals surface area contributed by atoms with Crippen molar-refractivity contribution in [2.75, 3.05) is 7.11 Å². The molecule has 1 aliphatic carbocycles. The van der Waals surface area contributed by atoms with E-state index in [9.17, 15) is 9.90 Å². The molecule has 33 heavy (non-hydrogen) atoms. The Morgan fingerprint density at radius 3 is 2.88 bits per heavy atom. The van der Waals surface area contributed by atoms with E-state index in [1.54, 1.807) is 30.0 Å². The average molecular weight is 480 g/mol. The van der Waals surface area contributed by atoms with Gasteiger partial charge in [-0.15, -0.1) is 11.3 Å². The number of aromatic hydroxyl groups is 1. The Morgan fingerprint density at radius 2 is 2.15 bits per heavy atom. The molecule has 0 amide bonds. The molecule has 2 aromatic carbocycles. The summed E-state index contributed by atoms with van der Waals surface area (Å²) in [5.74, 6) is 2.24. The van der Waals surface area contributed by atoms with Crippen LogP contribution >= 0.6 is 22.9 Å². The number of ether oxygens (including phenoxy) is 1. The first-order valence-electron chi connectivity index (χ1n) is 10.5. The number of halogens is 1. The molecule has 5 aromatic rings. The number of oxazole rings is 1. The number of phenols is 1. The second kappa shape index (κ2) is 7.60. The second-order valence-corrected chi connectivity index (χ2v) is 9.48. The first-order chi connectivity index (χ1) is 16.0. The van der Waals surface area contributed by atoms with Crippen LogP contribution in [-0.4, -0.2) is 26.8 Å². The maximum absolute atomic E-state index is 13.9. The molecule has 0 radical (unpaired) electrons. The Bertz CT molecular complexity index is 1590. The lowest BCUT2D eigenvalue weighted by Gasteiger charge is -2.15. The molecule has 0 aliphatic heterocycles. The summed E-state index contributed by atoms with van der Waals surface area (Å²) in [5, 5.41) is 11.8. The zero-order valence-electron chi connectivity index (χ0n) is 17.5. The highest BCUT2D eigenvalue weighted by Gasteiger charge is 2.29. The molecule has 7 nitrogen and oxygen atoms in total. The summed E-state index contributed by atoms with van der Waals surface area (Å²) < 4.78 is 13.1. The van der Waals surface area contributed by atoms with Gasteiger partial charge in [-0.1, -0.05) is 17.7 Å². The topological polar surface area (TPSA) is 90.4 Å². The van der Waals surface area contributed by atoms with Crippen molar-refractivity contribution >= 4 is 43.2 Å². The molecule has 166 valence electrons. The van der Waals surface area contributed by atoms with Crippen molar-refractivity contribution in [3.63, 3.8) is 0 Å². The minimum absolute atomic E-state index is 0.0389. The first kappa shape index (κ1) is 20.3. The first-order valence-corrected chi connectivity index (χ1v) is 11.6. The predicted molar refractivity (Wildman–Crippen MR) is 128 cm³/mol. The van der Waals surface area contributed by atoms with Crippen molar-refractivity contribution < 1.29 is 14.3 Å². The molecule has 3 aromatic heterocycles. The number of rotatable bonds is 5. The van der Waals surface area contributed by atoms with Crippen molar-refractivity contribution in [1.29, 1.82) is 0 Å². The molecule has 0 saturated heterocycles. The van der Waals surface area contributed by atoms with Gasteiger partial charge in [0, 0.05) is 10.9 Å². The SMILES string of the molecule is COc1ccc(-c2nc3sc4c(O)c(Cl)ccc4c3c(=O)n2Cc2cnco2)c(C2CC2)c1. The van der Waals surface area contributed by atoms with Crippen LogP contribution in [0.4, 0.5) is 0 Å². The van der Waals surface area contributed by atoms with E-state index in [1.165, 1.54) is 17.7 Å². The van der Waals surface area contributed by atoms with Crippen LogP contribution in [0.25, 0.3) is 31.7 Å². The van der Waals surface area contributed by atoms with E-state index in [-0.39, 0.29) is 22.9 Å². The molecule has 0 bridgehead atoms. The van der Waals surface area contributed by atoms with Crippen LogP contribution in [0.3, 0.4) is 0 Å². The number of hydrogen-bond donors (Lipinski definition) is 1. The fourth-order valence-electron chi connectivity index (χ4n) is 4.22. The van der Waals surface area contributed by atoms with Crippen LogP contribution in [0, 0.1) is 0 Å². The summed E-state index contributed by atoms with van der Waals surface area (Å²) in [6.45, 7) is 0.185. The summed E-state index contributed by atoms with van der Waals surface area (Å²) in [7, 11) is 1.64. The minimum Gasteiger partial charge on any atom is -0.505 e. The molecule has 0 unspecified atom stereocenters. The van der Waals surface area contributed by atoms with E-state index < -0.39 is 0 Å². The van der Waals surface area contributed by atoms with Gasteiger partial charge in [-0.25, -0.2) is 9.97 Å². The third-order valence-electron chi connectivity index (χ3n) is 6.00. The van der Waals surface area contributed by atoms with Gasteiger partial charge in [0.25, 0.3) is 5.56 Å². The normalized spacial score (nSPS) is 13.8. The maximum Gasteiger partial charge on any atom is 0.263 e. The van der Waals surface area contributed by atoms with E-state index in [0.717, 1.165) is 29.7 Å². The van der Waals surface area contributed by atoms with Gasteiger partial charge < -0.3 is 14.3 Å². The van der Waals surface area contributed by atoms with E-state index >= 15 is 0 Å². The van der Waals surface area contributed by atoms with Gasteiger partial charge >= 0.3 is 0 Å². The monoisotopic (exact) mass is 479 g/mol. The fraction of sp³-hybridized carbons (Fsp3) is 0.208. The highest BCUT2D eigenvalue weighted by Crippen LogP contribution is 2.46. The Hall–Kier alpha value is -3.36. The smallest absolute Gasteiger partial charge is 0.263 e. The molecular formula is C24H18ClN3O4S. The largest absolute Gasteiger partial charge is 0.505 e. The molecule has 6 rings (SSSR count). The molecule has 9 heteroatoms. The fourth-order valence-corrected chi connectivity index (χ4v) is 5.54. The second-order valence-electron chi connectivity index (χ2n) is 8.08. The molecule has 1 saturated carbocycles. The van der Waals surface area contributed by atoms with E-state index in [2.05, 4.69) is 4.98 Å². The van der Waals surface area contributed by atoms with Gasteiger partial charge in [-0.05, 0) is 48.6 Å². The van der Waals surface area contributed by atoms with Gasteiger partial charge in [-0.2, -0.15) is 0 Å². The summed E-state index contributed by atoms with van der Waals surface area (Å²) in [6.07, 6.45) is 5.11. The van der Waals surface area contributed by atoms with Crippen molar-refractivity contribution in [2.45, 2.75) is 25.3 Å². The van der Waals surface area contributed by atoms with Crippen LogP contribution in [0.1, 0.15) is 30.1 Å². The lowest BCUT2D eigenvalue weighted by atomic mass is 10.0. The van der Waals surface area contributed by atoms with E-state index in [0.29, 0.717) is 37.8 Å². The third kappa shape index (κ3) is 3.29. The molecule has 1 N–H and O–H groups in total. The van der Waals surface area contributed by atoms with Gasteiger partial charge in [0.2, 0.25) is 0 Å². The highest BCUT2D eigenvalue weighted by molar-refractivity contribution is 7.25. The van der Waals surface area contributed by atoms with Crippen molar-refractivity contribution in [3.05, 3.63) is 69.6 Å². The molecule has 1 aliphatic rings. The predicted octanol–water partition coefficient (Wildman–Crippen LogP) is 5.56.